The fourth-order valence-corrected chi connectivity index (χ4v) is 1.26. The van der Waals surface area contributed by atoms with Gasteiger partial charge in [0.15, 0.2) is 12.4 Å². The number of benzene rings is 1. The van der Waals surface area contributed by atoms with Gasteiger partial charge in [-0.2, -0.15) is 0 Å². The first kappa shape index (κ1) is 13.5. The lowest BCUT2D eigenvalue weighted by Gasteiger charge is -2.04. The van der Waals surface area contributed by atoms with E-state index in [1.165, 1.54) is 12.1 Å². The van der Waals surface area contributed by atoms with E-state index in [1.54, 1.807) is 18.2 Å². The summed E-state index contributed by atoms with van der Waals surface area (Å²) in [6.45, 7) is 6.93. The Balaban J connectivity index is 2.96. The molecule has 0 spiro atoms. The van der Waals surface area contributed by atoms with Crippen molar-refractivity contribution in [3.8, 4) is 12.3 Å². The summed E-state index contributed by atoms with van der Waals surface area (Å²) in [4.78, 5) is 23.4. The van der Waals surface area contributed by atoms with Crippen LogP contribution in [0.25, 0.3) is 0 Å². The SMILES string of the molecule is C#CCOC(=O)c1cccc(C(=O)C(=C)C=C)c1. The summed E-state index contributed by atoms with van der Waals surface area (Å²) in [6.07, 6.45) is 6.35. The van der Waals surface area contributed by atoms with Crippen molar-refractivity contribution < 1.29 is 14.3 Å². The molecule has 0 bridgehead atoms. The van der Waals surface area contributed by atoms with Crippen molar-refractivity contribution >= 4 is 11.8 Å². The summed E-state index contributed by atoms with van der Waals surface area (Å²) in [5.41, 5.74) is 0.896. The molecule has 0 fully saturated rings. The van der Waals surface area contributed by atoms with Crippen molar-refractivity contribution in [2.45, 2.75) is 0 Å². The van der Waals surface area contributed by atoms with Crippen LogP contribution in [-0.2, 0) is 4.74 Å². The summed E-state index contributed by atoms with van der Waals surface area (Å²) in [7, 11) is 0. The van der Waals surface area contributed by atoms with E-state index in [4.69, 9.17) is 11.2 Å². The molecule has 0 saturated heterocycles. The second kappa shape index (κ2) is 6.21. The monoisotopic (exact) mass is 240 g/mol. The molecular weight excluding hydrogens is 228 g/mol. The molecule has 0 saturated carbocycles. The van der Waals surface area contributed by atoms with Crippen LogP contribution in [0.5, 0.6) is 0 Å². The van der Waals surface area contributed by atoms with Crippen LogP contribution in [0.4, 0.5) is 0 Å². The van der Waals surface area contributed by atoms with Crippen LogP contribution in [0.2, 0.25) is 0 Å². The van der Waals surface area contributed by atoms with Crippen molar-refractivity contribution in [2.24, 2.45) is 0 Å². The second-order valence-corrected chi connectivity index (χ2v) is 3.42. The van der Waals surface area contributed by atoms with Crippen LogP contribution in [0, 0.1) is 12.3 Å². The van der Waals surface area contributed by atoms with E-state index in [0.717, 1.165) is 0 Å². The molecule has 3 nitrogen and oxygen atoms in total. The van der Waals surface area contributed by atoms with Crippen LogP contribution < -0.4 is 0 Å². The van der Waals surface area contributed by atoms with E-state index < -0.39 is 5.97 Å². The van der Waals surface area contributed by atoms with Gasteiger partial charge in [-0.15, -0.1) is 6.42 Å². The lowest BCUT2D eigenvalue weighted by Crippen LogP contribution is -2.07. The lowest BCUT2D eigenvalue weighted by molar-refractivity contribution is 0.0557. The standard InChI is InChI=1S/C15H12O3/c1-4-9-18-15(17)13-8-6-7-12(10-13)14(16)11(3)5-2/h1,5-8,10H,2-3,9H2. The van der Waals surface area contributed by atoms with Gasteiger partial charge in [-0.25, -0.2) is 4.79 Å². The third-order valence-corrected chi connectivity index (χ3v) is 2.19. The first-order chi connectivity index (χ1) is 8.60. The number of carbonyl (C=O) groups is 2. The number of hydrogen-bond acceptors (Lipinski definition) is 3. The van der Waals surface area contributed by atoms with Crippen molar-refractivity contribution in [1.82, 2.24) is 0 Å². The summed E-state index contributed by atoms with van der Waals surface area (Å²) in [5, 5.41) is 0. The van der Waals surface area contributed by atoms with Gasteiger partial charge in [0.2, 0.25) is 0 Å². The first-order valence-corrected chi connectivity index (χ1v) is 5.17. The Labute approximate surface area is 106 Å². The predicted molar refractivity (Wildman–Crippen MR) is 69.2 cm³/mol. The highest BCUT2D eigenvalue weighted by atomic mass is 16.5. The molecule has 90 valence electrons. The molecule has 0 atom stereocenters. The molecule has 0 aromatic heterocycles. The molecule has 0 heterocycles. The molecular formula is C15H12O3. The molecule has 0 aliphatic rings. The Kier molecular flexibility index (Phi) is 4.65. The van der Waals surface area contributed by atoms with E-state index >= 15 is 0 Å². The maximum Gasteiger partial charge on any atom is 0.339 e. The minimum absolute atomic E-state index is 0.101. The molecule has 0 amide bonds. The van der Waals surface area contributed by atoms with Gasteiger partial charge < -0.3 is 4.74 Å². The quantitative estimate of drug-likeness (QED) is 0.261. The predicted octanol–water partition coefficient (Wildman–Crippen LogP) is 2.40. The Hall–Kier alpha value is -2.60. The van der Waals surface area contributed by atoms with Gasteiger partial charge in [0.1, 0.15) is 0 Å². The number of carbonyl (C=O) groups excluding carboxylic acids is 2. The highest BCUT2D eigenvalue weighted by molar-refractivity contribution is 6.10. The minimum atomic E-state index is -0.563. The molecule has 1 rings (SSSR count). The van der Waals surface area contributed by atoms with Crippen molar-refractivity contribution in [2.75, 3.05) is 6.61 Å². The third-order valence-electron chi connectivity index (χ3n) is 2.19. The zero-order valence-electron chi connectivity index (χ0n) is 9.81. The van der Waals surface area contributed by atoms with E-state index in [1.807, 2.05) is 0 Å². The Morgan fingerprint density at radius 1 is 1.39 bits per heavy atom. The molecule has 3 heteroatoms. The van der Waals surface area contributed by atoms with E-state index in [-0.39, 0.29) is 23.5 Å². The Morgan fingerprint density at radius 2 is 2.06 bits per heavy atom. The Morgan fingerprint density at radius 3 is 2.67 bits per heavy atom. The van der Waals surface area contributed by atoms with Gasteiger partial charge in [0.05, 0.1) is 5.56 Å². The zero-order chi connectivity index (χ0) is 13.5. The van der Waals surface area contributed by atoms with Crippen LogP contribution in [0.15, 0.2) is 49.1 Å². The number of esters is 1. The normalized spacial score (nSPS) is 9.06. The molecule has 18 heavy (non-hydrogen) atoms. The lowest BCUT2D eigenvalue weighted by atomic mass is 10.0. The number of terminal acetylenes is 1. The van der Waals surface area contributed by atoms with Crippen LogP contribution >= 0.6 is 0 Å². The molecule has 1 aromatic rings. The van der Waals surface area contributed by atoms with Crippen LogP contribution in [-0.4, -0.2) is 18.4 Å². The van der Waals surface area contributed by atoms with E-state index in [2.05, 4.69) is 19.1 Å². The van der Waals surface area contributed by atoms with Gasteiger partial charge >= 0.3 is 5.97 Å². The first-order valence-electron chi connectivity index (χ1n) is 5.17. The molecule has 0 aliphatic heterocycles. The average molecular weight is 240 g/mol. The summed E-state index contributed by atoms with van der Waals surface area (Å²) >= 11 is 0. The molecule has 0 radical (unpaired) electrons. The smallest absolute Gasteiger partial charge is 0.339 e. The highest BCUT2D eigenvalue weighted by Gasteiger charge is 2.12. The number of allylic oxidation sites excluding steroid dienone is 2. The van der Waals surface area contributed by atoms with Crippen molar-refractivity contribution in [3.63, 3.8) is 0 Å². The Bertz CT molecular complexity index is 547. The van der Waals surface area contributed by atoms with Gasteiger partial charge in [-0.3, -0.25) is 4.79 Å². The maximum atomic E-state index is 11.8. The van der Waals surface area contributed by atoms with Crippen LogP contribution in [0.3, 0.4) is 0 Å². The second-order valence-electron chi connectivity index (χ2n) is 3.42. The fraction of sp³-hybridized carbons (Fsp3) is 0.0667. The van der Waals surface area contributed by atoms with Crippen molar-refractivity contribution in [1.29, 1.82) is 0 Å². The summed E-state index contributed by atoms with van der Waals surface area (Å²) in [6, 6.07) is 6.17. The fourth-order valence-electron chi connectivity index (χ4n) is 1.26. The zero-order valence-corrected chi connectivity index (χ0v) is 9.81. The number of ether oxygens (including phenoxy) is 1. The van der Waals surface area contributed by atoms with Crippen LogP contribution in [0.1, 0.15) is 20.7 Å². The van der Waals surface area contributed by atoms with Gasteiger partial charge in [0.25, 0.3) is 0 Å². The average Bonchev–Trinajstić information content (AvgIpc) is 2.43. The molecule has 0 N–H and O–H groups in total. The maximum absolute atomic E-state index is 11.8. The number of rotatable bonds is 5. The molecule has 0 unspecified atom stereocenters. The summed E-state index contributed by atoms with van der Waals surface area (Å²) in [5.74, 6) is 1.35. The van der Waals surface area contributed by atoms with Gasteiger partial charge in [-0.05, 0) is 12.1 Å². The van der Waals surface area contributed by atoms with Gasteiger partial charge in [0, 0.05) is 11.1 Å². The number of ketones is 1. The number of Topliss-reactive ketones (excluding diaryl/α,β-unsaturated/α-hetero) is 1. The third kappa shape index (κ3) is 3.19. The molecule has 0 aliphatic carbocycles. The van der Waals surface area contributed by atoms with E-state index in [0.29, 0.717) is 5.56 Å². The van der Waals surface area contributed by atoms with Crippen molar-refractivity contribution in [3.05, 3.63) is 60.2 Å². The molecule has 1 aromatic carbocycles. The van der Waals surface area contributed by atoms with E-state index in [9.17, 15) is 9.59 Å². The largest absolute Gasteiger partial charge is 0.449 e. The number of hydrogen-bond donors (Lipinski definition) is 0. The van der Waals surface area contributed by atoms with Gasteiger partial charge in [-0.1, -0.05) is 37.3 Å². The minimum Gasteiger partial charge on any atom is -0.449 e. The highest BCUT2D eigenvalue weighted by Crippen LogP contribution is 2.11. The topological polar surface area (TPSA) is 43.4 Å². The summed E-state index contributed by atoms with van der Waals surface area (Å²) < 4.78 is 4.77.